The first-order chi connectivity index (χ1) is 8.23. The van der Waals surface area contributed by atoms with Crippen LogP contribution >= 0.6 is 0 Å². The second-order valence-corrected chi connectivity index (χ2v) is 6.42. The Labute approximate surface area is 162 Å². The number of rotatable bonds is 2. The Morgan fingerprint density at radius 1 is 1.15 bits per heavy atom. The summed E-state index contributed by atoms with van der Waals surface area (Å²) in [5.74, 6) is -2.34. The first-order valence-electron chi connectivity index (χ1n) is 5.33. The fraction of sp³-hybridized carbons (Fsp3) is 0.800. The van der Waals surface area contributed by atoms with Gasteiger partial charge in [0, 0.05) is 0 Å². The molecule has 0 heterocycles. The third kappa shape index (κ3) is 5.68. The van der Waals surface area contributed by atoms with Crippen molar-refractivity contribution in [2.24, 2.45) is 16.7 Å². The Morgan fingerprint density at radius 2 is 1.50 bits per heavy atom. The van der Waals surface area contributed by atoms with Crippen molar-refractivity contribution in [2.75, 3.05) is 0 Å². The average Bonchev–Trinajstić information content (AvgIpc) is 2.36. The van der Waals surface area contributed by atoms with Gasteiger partial charge in [-0.05, 0) is 25.2 Å². The minimum absolute atomic E-state index is 0. The van der Waals surface area contributed by atoms with Crippen LogP contribution < -0.4 is 51.4 Å². The van der Waals surface area contributed by atoms with Crippen LogP contribution in [0.2, 0.25) is 0 Å². The molecule has 10 heteroatoms. The molecule has 0 amide bonds. The van der Waals surface area contributed by atoms with Crippen molar-refractivity contribution >= 4 is 11.9 Å². The van der Waals surface area contributed by atoms with Crippen molar-refractivity contribution in [1.82, 2.24) is 0 Å². The van der Waals surface area contributed by atoms with E-state index in [0.29, 0.717) is 12.8 Å². The molecule has 114 valence electrons. The molecular formula is C10H18KMnO8. The van der Waals surface area contributed by atoms with Gasteiger partial charge in [0.25, 0.3) is 0 Å². The molecule has 0 aromatic rings. The summed E-state index contributed by atoms with van der Waals surface area (Å²) in [6.45, 7) is 5.10. The van der Waals surface area contributed by atoms with E-state index in [1.54, 1.807) is 20.8 Å². The van der Waals surface area contributed by atoms with E-state index in [1.807, 2.05) is 0 Å². The summed E-state index contributed by atoms with van der Waals surface area (Å²) in [6, 6.07) is 0. The minimum atomic E-state index is -5.38. The van der Waals surface area contributed by atoms with E-state index < -0.39 is 41.7 Å². The van der Waals surface area contributed by atoms with E-state index in [1.165, 1.54) is 0 Å². The molecule has 0 spiro atoms. The molecule has 2 atom stereocenters. The van der Waals surface area contributed by atoms with Crippen molar-refractivity contribution in [3.8, 4) is 0 Å². The molecule has 3 N–H and O–H groups in total. The van der Waals surface area contributed by atoms with Crippen LogP contribution in [0.4, 0.5) is 0 Å². The molecule has 0 radical (unpaired) electrons. The van der Waals surface area contributed by atoms with E-state index in [2.05, 4.69) is 0 Å². The maximum absolute atomic E-state index is 11.1. The third-order valence-corrected chi connectivity index (χ3v) is 4.00. The molecule has 1 saturated carbocycles. The Kier molecular flexibility index (Phi) is 8.68. The zero-order valence-corrected chi connectivity index (χ0v) is 16.1. The van der Waals surface area contributed by atoms with E-state index in [0.717, 1.165) is 0 Å². The molecule has 0 unspecified atom stereocenters. The summed E-state index contributed by atoms with van der Waals surface area (Å²) in [5, 5.41) is 18.1. The Hall–Kier alpha value is 0.456. The predicted octanol–water partition coefficient (Wildman–Crippen LogP) is -2.20. The molecule has 1 fully saturated rings. The predicted molar refractivity (Wildman–Crippen MR) is 55.3 cm³/mol. The molecule has 0 aromatic heterocycles. The van der Waals surface area contributed by atoms with Gasteiger partial charge >= 0.3 is 92.0 Å². The molecule has 0 aromatic carbocycles. The number of carbonyl (C=O) groups is 2. The van der Waals surface area contributed by atoms with Gasteiger partial charge in [-0.15, -0.1) is 0 Å². The van der Waals surface area contributed by atoms with E-state index in [4.69, 9.17) is 25.9 Å². The summed E-state index contributed by atoms with van der Waals surface area (Å²) in [7, 11) is 0. The molecule has 20 heavy (non-hydrogen) atoms. The quantitative estimate of drug-likeness (QED) is 0.470. The van der Waals surface area contributed by atoms with Crippen LogP contribution in [0, 0.1) is 16.7 Å². The van der Waals surface area contributed by atoms with E-state index in [-0.39, 0.29) is 52.8 Å². The van der Waals surface area contributed by atoms with Crippen LogP contribution in [0.1, 0.15) is 35.0 Å². The van der Waals surface area contributed by atoms with Crippen molar-refractivity contribution in [2.45, 2.75) is 33.6 Å². The summed E-state index contributed by atoms with van der Waals surface area (Å²) in [4.78, 5) is 22.0. The third-order valence-electron chi connectivity index (χ3n) is 4.00. The fourth-order valence-electron chi connectivity index (χ4n) is 2.32. The molecule has 0 aliphatic heterocycles. The van der Waals surface area contributed by atoms with Crippen LogP contribution in [0.15, 0.2) is 0 Å². The molecule has 8 nitrogen and oxygen atoms in total. The number of aliphatic carboxylic acids is 2. The second-order valence-electron chi connectivity index (χ2n) is 5.18. The SMILES string of the molecule is CC1(C)[C@H](C(=O)O)CC[C@]1(C)C(=O)O.[H-].[K+].[O]=[Mn](=[O])(=[O])[OH]. The van der Waals surface area contributed by atoms with Crippen LogP contribution in [0.25, 0.3) is 0 Å². The van der Waals surface area contributed by atoms with Gasteiger partial charge in [0.1, 0.15) is 0 Å². The van der Waals surface area contributed by atoms with Crippen LogP contribution in [0.3, 0.4) is 0 Å². The van der Waals surface area contributed by atoms with Gasteiger partial charge in [-0.3, -0.25) is 9.59 Å². The number of hydrogen-bond acceptors (Lipinski definition) is 5. The van der Waals surface area contributed by atoms with Gasteiger partial charge in [0.2, 0.25) is 0 Å². The number of hydrogen-bond donors (Lipinski definition) is 3. The molecule has 1 aliphatic rings. The first kappa shape index (κ1) is 22.7. The van der Waals surface area contributed by atoms with Gasteiger partial charge in [-0.25, -0.2) is 0 Å². The normalized spacial score (nSPS) is 27.7. The Balaban J connectivity index is -0.000000405. The van der Waals surface area contributed by atoms with Gasteiger partial charge in [0.05, 0.1) is 11.3 Å². The van der Waals surface area contributed by atoms with Crippen LogP contribution in [-0.4, -0.2) is 26.3 Å². The summed E-state index contributed by atoms with van der Waals surface area (Å²) in [5.41, 5.74) is -1.61. The van der Waals surface area contributed by atoms with Crippen molar-refractivity contribution < 1.29 is 101 Å². The molecule has 0 saturated heterocycles. The Bertz CT molecular complexity index is 524. The van der Waals surface area contributed by atoms with E-state index in [9.17, 15) is 9.59 Å². The standard InChI is InChI=1S/C10H16O4.K.Mn.H2O.3O.H/c1-9(2)6(7(11)12)4-5-10(9,3)8(13)14;;;;;;;/h6H,4-5H2,1-3H3,(H,11,12)(H,13,14);;;1H2;;;;/q;2*+1;;;;;-1/p-1/t6-,10+;;;;;;;/m0......./s1. The average molecular weight is 360 g/mol. The summed E-state index contributed by atoms with van der Waals surface area (Å²) >= 11 is -5.38. The molecular weight excluding hydrogens is 342 g/mol. The topological polar surface area (TPSA) is 146 Å². The molecule has 0 bridgehead atoms. The van der Waals surface area contributed by atoms with Gasteiger partial charge in [-0.1, -0.05) is 13.8 Å². The summed E-state index contributed by atoms with van der Waals surface area (Å²) < 4.78 is 33.1. The number of carboxylic acids is 2. The zero-order chi connectivity index (χ0) is 15.6. The van der Waals surface area contributed by atoms with Crippen LogP contribution in [-0.2, 0) is 34.1 Å². The fourth-order valence-corrected chi connectivity index (χ4v) is 2.32. The van der Waals surface area contributed by atoms with Gasteiger partial charge in [-0.2, -0.15) is 0 Å². The Morgan fingerprint density at radius 3 is 1.65 bits per heavy atom. The first-order valence-corrected chi connectivity index (χ1v) is 7.30. The van der Waals surface area contributed by atoms with E-state index >= 15 is 0 Å². The molecule has 1 aliphatic carbocycles. The second kappa shape index (κ2) is 7.64. The molecule has 1 rings (SSSR count). The van der Waals surface area contributed by atoms with Crippen molar-refractivity contribution in [3.05, 3.63) is 0 Å². The van der Waals surface area contributed by atoms with Crippen molar-refractivity contribution in [1.29, 1.82) is 0 Å². The number of carboxylic acid groups (broad SMARTS) is 2. The van der Waals surface area contributed by atoms with Crippen molar-refractivity contribution in [3.63, 3.8) is 0 Å². The van der Waals surface area contributed by atoms with Crippen LogP contribution in [0.5, 0.6) is 0 Å². The monoisotopic (exact) mass is 360 g/mol. The van der Waals surface area contributed by atoms with Gasteiger partial charge in [0.15, 0.2) is 0 Å². The maximum atomic E-state index is 11.1. The van der Waals surface area contributed by atoms with Gasteiger partial charge < -0.3 is 11.6 Å². The zero-order valence-electron chi connectivity index (χ0n) is 12.8. The summed E-state index contributed by atoms with van der Waals surface area (Å²) in [6.07, 6.45) is 0.886.